The van der Waals surface area contributed by atoms with Gasteiger partial charge >= 0.3 is 6.03 Å². The van der Waals surface area contributed by atoms with Gasteiger partial charge in [-0.3, -0.25) is 4.79 Å². The Labute approximate surface area is 225 Å². The van der Waals surface area contributed by atoms with Gasteiger partial charge < -0.3 is 15.7 Å². The molecule has 1 aliphatic rings. The van der Waals surface area contributed by atoms with Crippen molar-refractivity contribution >= 4 is 29.2 Å². The van der Waals surface area contributed by atoms with Gasteiger partial charge in [0.25, 0.3) is 5.91 Å². The summed E-state index contributed by atoms with van der Waals surface area (Å²) in [6.45, 7) is 2.39. The fraction of sp³-hybridized carbons (Fsp3) is 0.241. The number of carbonyl (C=O) groups is 2. The van der Waals surface area contributed by atoms with Crippen molar-refractivity contribution in [2.75, 3.05) is 5.32 Å². The minimum atomic E-state index is -0.424. The lowest BCUT2D eigenvalue weighted by Crippen LogP contribution is -2.30. The van der Waals surface area contributed by atoms with E-state index < -0.39 is 5.91 Å². The second-order valence-electron chi connectivity index (χ2n) is 9.52. The number of phenols is 1. The highest BCUT2D eigenvalue weighted by Gasteiger charge is 2.26. The maximum atomic E-state index is 13.3. The van der Waals surface area contributed by atoms with Gasteiger partial charge in [0.15, 0.2) is 0 Å². The largest absolute Gasteiger partial charge is 0.507 e. The zero-order chi connectivity index (χ0) is 26.6. The maximum Gasteiger partial charge on any atom is 0.342 e. The second kappa shape index (κ2) is 11.1. The van der Waals surface area contributed by atoms with E-state index in [0.717, 1.165) is 42.5 Å². The maximum absolute atomic E-state index is 13.3. The average molecular weight is 530 g/mol. The van der Waals surface area contributed by atoms with Gasteiger partial charge in [-0.1, -0.05) is 54.3 Å². The fourth-order valence-corrected chi connectivity index (χ4v) is 5.05. The Bertz CT molecular complexity index is 1490. The van der Waals surface area contributed by atoms with Crippen molar-refractivity contribution in [3.8, 4) is 17.0 Å². The molecule has 0 bridgehead atoms. The van der Waals surface area contributed by atoms with Gasteiger partial charge in [0.05, 0.1) is 17.0 Å². The number of phenolic OH excluding ortho intramolecular Hbond substituents is 1. The van der Waals surface area contributed by atoms with Crippen molar-refractivity contribution in [3.05, 3.63) is 94.4 Å². The molecule has 1 fully saturated rings. The predicted octanol–water partition coefficient (Wildman–Crippen LogP) is 6.28. The van der Waals surface area contributed by atoms with Crippen LogP contribution in [0.25, 0.3) is 11.3 Å². The van der Waals surface area contributed by atoms with Crippen molar-refractivity contribution < 1.29 is 14.7 Å². The molecule has 2 aromatic carbocycles. The van der Waals surface area contributed by atoms with Crippen LogP contribution in [0.3, 0.4) is 0 Å². The molecule has 0 atom stereocenters. The van der Waals surface area contributed by atoms with Crippen molar-refractivity contribution in [3.63, 3.8) is 0 Å². The number of rotatable bonds is 6. The van der Waals surface area contributed by atoms with Gasteiger partial charge in [-0.2, -0.15) is 9.78 Å². The number of benzene rings is 2. The molecule has 2 aromatic heterocycles. The number of halogens is 1. The lowest BCUT2D eigenvalue weighted by molar-refractivity contribution is 0.102. The predicted molar refractivity (Wildman–Crippen MR) is 147 cm³/mol. The minimum Gasteiger partial charge on any atom is -0.507 e. The number of anilines is 1. The number of aryl methyl sites for hydroxylation is 1. The summed E-state index contributed by atoms with van der Waals surface area (Å²) >= 11 is 6.06. The number of hydrogen-bond acceptors (Lipinski definition) is 5. The summed E-state index contributed by atoms with van der Waals surface area (Å²) in [4.78, 5) is 29.9. The summed E-state index contributed by atoms with van der Waals surface area (Å²) in [6, 6.07) is 17.4. The van der Waals surface area contributed by atoms with E-state index in [2.05, 4.69) is 20.7 Å². The van der Waals surface area contributed by atoms with E-state index in [-0.39, 0.29) is 28.4 Å². The van der Waals surface area contributed by atoms with E-state index in [1.165, 1.54) is 16.9 Å². The summed E-state index contributed by atoms with van der Waals surface area (Å²) < 4.78 is 1.42. The second-order valence-corrected chi connectivity index (χ2v) is 9.88. The third-order valence-corrected chi connectivity index (χ3v) is 7.06. The Morgan fingerprint density at radius 2 is 1.89 bits per heavy atom. The SMILES string of the molecule is Cc1cccc(CNC(=O)n2nc(-c3cc(NC(=O)c4cccnc4Cl)ccc3O)cc2C2CCCC2)c1. The van der Waals surface area contributed by atoms with Crippen molar-refractivity contribution in [1.29, 1.82) is 0 Å². The Morgan fingerprint density at radius 3 is 2.66 bits per heavy atom. The molecule has 0 saturated heterocycles. The fourth-order valence-electron chi connectivity index (χ4n) is 4.85. The zero-order valence-electron chi connectivity index (χ0n) is 20.9. The highest BCUT2D eigenvalue weighted by atomic mass is 35.5. The number of hydrogen-bond donors (Lipinski definition) is 3. The topological polar surface area (TPSA) is 109 Å². The Hall–Kier alpha value is -4.17. The number of nitrogens with one attached hydrogen (secondary N) is 2. The van der Waals surface area contributed by atoms with Crippen LogP contribution in [-0.2, 0) is 6.54 Å². The van der Waals surface area contributed by atoms with E-state index in [0.29, 0.717) is 23.5 Å². The van der Waals surface area contributed by atoms with Crippen LogP contribution < -0.4 is 10.6 Å². The summed E-state index contributed by atoms with van der Waals surface area (Å²) in [6.07, 6.45) is 5.65. The van der Waals surface area contributed by atoms with Crippen LogP contribution in [0.1, 0.15) is 58.8 Å². The monoisotopic (exact) mass is 529 g/mol. The molecule has 0 radical (unpaired) electrons. The number of nitrogens with zero attached hydrogens (tertiary/aromatic N) is 3. The van der Waals surface area contributed by atoms with Gasteiger partial charge in [-0.25, -0.2) is 9.78 Å². The van der Waals surface area contributed by atoms with Crippen LogP contribution in [0.2, 0.25) is 5.15 Å². The Morgan fingerprint density at radius 1 is 1.08 bits per heavy atom. The van der Waals surface area contributed by atoms with E-state index in [1.807, 2.05) is 37.3 Å². The third kappa shape index (κ3) is 5.55. The van der Waals surface area contributed by atoms with Gasteiger partial charge in [0.1, 0.15) is 10.9 Å². The molecule has 194 valence electrons. The summed E-state index contributed by atoms with van der Waals surface area (Å²) in [5, 5.41) is 21.1. The molecule has 1 saturated carbocycles. The first-order valence-electron chi connectivity index (χ1n) is 12.6. The number of aromatic nitrogens is 3. The quantitative estimate of drug-likeness (QED) is 0.201. The lowest BCUT2D eigenvalue weighted by Gasteiger charge is -2.12. The van der Waals surface area contributed by atoms with Crippen LogP contribution in [0, 0.1) is 6.92 Å². The zero-order valence-corrected chi connectivity index (χ0v) is 21.7. The molecule has 5 rings (SSSR count). The molecule has 2 heterocycles. The van der Waals surface area contributed by atoms with Crippen molar-refractivity contribution in [2.24, 2.45) is 0 Å². The van der Waals surface area contributed by atoms with Crippen molar-refractivity contribution in [1.82, 2.24) is 20.1 Å². The molecule has 0 spiro atoms. The first-order chi connectivity index (χ1) is 18.4. The third-order valence-electron chi connectivity index (χ3n) is 6.76. The first kappa shape index (κ1) is 25.5. The van der Waals surface area contributed by atoms with Crippen LogP contribution >= 0.6 is 11.6 Å². The molecule has 1 aliphatic carbocycles. The van der Waals surface area contributed by atoms with Gasteiger partial charge in [-0.15, -0.1) is 0 Å². The molecule has 0 aliphatic heterocycles. The molecule has 9 heteroatoms. The normalized spacial score (nSPS) is 13.4. The smallest absolute Gasteiger partial charge is 0.342 e. The summed E-state index contributed by atoms with van der Waals surface area (Å²) in [5.41, 5.74) is 4.48. The van der Waals surface area contributed by atoms with E-state index in [9.17, 15) is 14.7 Å². The van der Waals surface area contributed by atoms with Gasteiger partial charge in [0, 0.05) is 29.9 Å². The van der Waals surface area contributed by atoms with Gasteiger partial charge in [0.2, 0.25) is 0 Å². The molecular weight excluding hydrogens is 502 g/mol. The standard InChI is InChI=1S/C29H28ClN5O3/c1-18-6-4-7-19(14-18)17-32-29(38)35-25(20-8-2-3-9-20)16-24(34-35)23-15-21(11-12-26(23)36)33-28(37)22-10-5-13-31-27(22)30/h4-7,10-16,20,36H,2-3,8-9,17H2,1H3,(H,32,38)(H,33,37). The molecular formula is C29H28ClN5O3. The first-order valence-corrected chi connectivity index (χ1v) is 13.0. The minimum absolute atomic E-state index is 0.00907. The van der Waals surface area contributed by atoms with Crippen LogP contribution in [-0.4, -0.2) is 31.8 Å². The average Bonchev–Trinajstić information content (AvgIpc) is 3.59. The number of amides is 2. The van der Waals surface area contributed by atoms with Crippen molar-refractivity contribution in [2.45, 2.75) is 45.1 Å². The number of carbonyl (C=O) groups excluding carboxylic acids is 2. The lowest BCUT2D eigenvalue weighted by atomic mass is 10.0. The van der Waals surface area contributed by atoms with Crippen LogP contribution in [0.15, 0.2) is 66.9 Å². The number of pyridine rings is 1. The molecule has 4 aromatic rings. The van der Waals surface area contributed by atoms with Crippen LogP contribution in [0.4, 0.5) is 10.5 Å². The summed E-state index contributed by atoms with van der Waals surface area (Å²) in [7, 11) is 0. The Kier molecular flexibility index (Phi) is 7.42. The molecule has 38 heavy (non-hydrogen) atoms. The molecule has 3 N–H and O–H groups in total. The summed E-state index contributed by atoms with van der Waals surface area (Å²) in [5.74, 6) is -0.226. The highest BCUT2D eigenvalue weighted by molar-refractivity contribution is 6.33. The van der Waals surface area contributed by atoms with E-state index in [1.54, 1.807) is 24.3 Å². The Balaban J connectivity index is 1.43. The van der Waals surface area contributed by atoms with E-state index >= 15 is 0 Å². The van der Waals surface area contributed by atoms with Gasteiger partial charge in [-0.05, 0) is 61.7 Å². The molecule has 0 unspecified atom stereocenters. The number of aromatic hydroxyl groups is 1. The van der Waals surface area contributed by atoms with E-state index in [4.69, 9.17) is 11.6 Å². The highest BCUT2D eigenvalue weighted by Crippen LogP contribution is 2.38. The van der Waals surface area contributed by atoms with Crippen LogP contribution in [0.5, 0.6) is 5.75 Å². The molecule has 8 nitrogen and oxygen atoms in total. The molecule has 2 amide bonds.